The first-order chi connectivity index (χ1) is 24.6. The number of methoxy groups -OCH3 is 1. The SMILES string of the molecule is C=CCCC(=O)N[C@H](COC)[C@H](OC(=O)[C@H]1[C@@H]2O[C@@]3(CC2Br)[C@@H]1C(=O)N(CCCCO)[C@@H]3C(=O)N(CC=C)c1ccc(Cl)cc1)c1ccccc1. The van der Waals surface area contributed by atoms with Crippen molar-refractivity contribution in [3.8, 4) is 0 Å². The third kappa shape index (κ3) is 7.95. The standard InChI is InChI=1S/C38H45BrClN3O8/c1-4-6-14-29(45)41-28(23-49-3)32(24-12-8-7-9-13-24)50-37(48)30-31-35(46)43(20-10-11-21-44)34(38(31)22-27(39)33(30)51-38)36(47)42(19-5-2)26-17-15-25(40)16-18-26/h4-5,7-9,12-13,15-18,27-28,30-34,44H,1-2,6,10-11,14,19-23H2,3H3,(H,41,45)/t27?,28-,30-,31+,32-,33-,34-,38+/m1/s1. The molecule has 3 fully saturated rings. The lowest BCUT2D eigenvalue weighted by Crippen LogP contribution is -2.57. The number of aliphatic hydroxyl groups excluding tert-OH is 1. The molecule has 3 aliphatic heterocycles. The Kier molecular flexibility index (Phi) is 13.1. The Morgan fingerprint density at radius 1 is 1.16 bits per heavy atom. The number of allylic oxidation sites excluding steroid dienone is 1. The molecule has 2 aromatic carbocycles. The molecule has 11 nitrogen and oxygen atoms in total. The molecule has 0 radical (unpaired) electrons. The fraction of sp³-hybridized carbons (Fsp3) is 0.474. The number of hydrogen-bond acceptors (Lipinski definition) is 8. The number of fused-ring (bicyclic) bond motifs is 1. The molecule has 0 aliphatic carbocycles. The number of esters is 1. The number of alkyl halides is 1. The summed E-state index contributed by atoms with van der Waals surface area (Å²) in [4.78, 5) is 59.4. The molecule has 274 valence electrons. The summed E-state index contributed by atoms with van der Waals surface area (Å²) in [7, 11) is 1.50. The van der Waals surface area contributed by atoms with Crippen molar-refractivity contribution in [1.29, 1.82) is 0 Å². The molecule has 2 bridgehead atoms. The van der Waals surface area contributed by atoms with E-state index in [9.17, 15) is 24.3 Å². The lowest BCUT2D eigenvalue weighted by molar-refractivity contribution is -0.163. The molecular formula is C38H45BrClN3O8. The minimum absolute atomic E-state index is 0.0453. The van der Waals surface area contributed by atoms with E-state index >= 15 is 0 Å². The fourth-order valence-corrected chi connectivity index (χ4v) is 8.73. The fourth-order valence-electron chi connectivity index (χ4n) is 7.66. The van der Waals surface area contributed by atoms with E-state index in [0.29, 0.717) is 42.0 Å². The quantitative estimate of drug-likeness (QED) is 0.0957. The Balaban J connectivity index is 1.51. The highest BCUT2D eigenvalue weighted by Gasteiger charge is 2.77. The van der Waals surface area contributed by atoms with Crippen LogP contribution in [0.4, 0.5) is 5.69 Å². The average molecular weight is 787 g/mol. The molecule has 3 amide bonds. The molecule has 1 spiro atoms. The monoisotopic (exact) mass is 785 g/mol. The highest BCUT2D eigenvalue weighted by atomic mass is 79.9. The van der Waals surface area contributed by atoms with Crippen LogP contribution in [0.25, 0.3) is 0 Å². The first-order valence-electron chi connectivity index (χ1n) is 17.2. The summed E-state index contributed by atoms with van der Waals surface area (Å²) in [5, 5.41) is 13.0. The molecular weight excluding hydrogens is 742 g/mol. The van der Waals surface area contributed by atoms with Crippen molar-refractivity contribution in [2.75, 3.05) is 38.3 Å². The van der Waals surface area contributed by atoms with Crippen molar-refractivity contribution in [1.82, 2.24) is 10.2 Å². The first-order valence-corrected chi connectivity index (χ1v) is 18.5. The summed E-state index contributed by atoms with van der Waals surface area (Å²) < 4.78 is 18.5. The maximum Gasteiger partial charge on any atom is 0.313 e. The Bertz CT molecular complexity index is 1580. The van der Waals surface area contributed by atoms with Gasteiger partial charge in [0, 0.05) is 48.8 Å². The molecule has 0 saturated carbocycles. The number of rotatable bonds is 18. The molecule has 51 heavy (non-hydrogen) atoms. The normalized spacial score (nSPS) is 25.9. The van der Waals surface area contributed by atoms with Crippen LogP contribution in [-0.4, -0.2) is 95.7 Å². The van der Waals surface area contributed by atoms with Gasteiger partial charge in [0.15, 0.2) is 0 Å². The Hall–Kier alpha value is -3.55. The number of halogens is 2. The second kappa shape index (κ2) is 17.3. The molecule has 13 heteroatoms. The van der Waals surface area contributed by atoms with E-state index in [1.54, 1.807) is 65.6 Å². The van der Waals surface area contributed by atoms with Gasteiger partial charge >= 0.3 is 5.97 Å². The Morgan fingerprint density at radius 2 is 1.88 bits per heavy atom. The largest absolute Gasteiger partial charge is 0.455 e. The number of likely N-dealkylation sites (tertiary alicyclic amines) is 1. The minimum Gasteiger partial charge on any atom is -0.455 e. The summed E-state index contributed by atoms with van der Waals surface area (Å²) in [5.74, 6) is -3.76. The zero-order valence-corrected chi connectivity index (χ0v) is 31.0. The van der Waals surface area contributed by atoms with Crippen LogP contribution in [-0.2, 0) is 33.4 Å². The number of anilines is 1. The summed E-state index contributed by atoms with van der Waals surface area (Å²) >= 11 is 9.88. The van der Waals surface area contributed by atoms with E-state index in [-0.39, 0.29) is 55.3 Å². The van der Waals surface area contributed by atoms with Gasteiger partial charge in [0.25, 0.3) is 5.91 Å². The number of benzene rings is 2. The summed E-state index contributed by atoms with van der Waals surface area (Å²) in [6, 6.07) is 14.0. The van der Waals surface area contributed by atoms with Gasteiger partial charge in [0.2, 0.25) is 11.8 Å². The van der Waals surface area contributed by atoms with Crippen LogP contribution in [0, 0.1) is 11.8 Å². The number of carbonyl (C=O) groups excluding carboxylic acids is 4. The van der Waals surface area contributed by atoms with Gasteiger partial charge in [-0.2, -0.15) is 0 Å². The van der Waals surface area contributed by atoms with Crippen molar-refractivity contribution < 1.29 is 38.5 Å². The zero-order valence-electron chi connectivity index (χ0n) is 28.6. The zero-order chi connectivity index (χ0) is 36.7. The topological polar surface area (TPSA) is 135 Å². The van der Waals surface area contributed by atoms with Crippen molar-refractivity contribution in [3.63, 3.8) is 0 Å². The predicted octanol–water partition coefficient (Wildman–Crippen LogP) is 4.76. The van der Waals surface area contributed by atoms with Crippen LogP contribution < -0.4 is 10.2 Å². The smallest absolute Gasteiger partial charge is 0.313 e. The predicted molar refractivity (Wildman–Crippen MR) is 196 cm³/mol. The van der Waals surface area contributed by atoms with Crippen LogP contribution in [0.15, 0.2) is 79.9 Å². The van der Waals surface area contributed by atoms with E-state index in [1.807, 2.05) is 6.07 Å². The number of nitrogens with zero attached hydrogens (tertiary/aromatic N) is 2. The molecule has 3 heterocycles. The van der Waals surface area contributed by atoms with Crippen molar-refractivity contribution in [2.24, 2.45) is 11.8 Å². The van der Waals surface area contributed by atoms with E-state index in [0.717, 1.165) is 0 Å². The third-order valence-corrected chi connectivity index (χ3v) is 10.9. The number of aliphatic hydroxyl groups is 1. The number of unbranched alkanes of at least 4 members (excludes halogenated alkanes) is 1. The lowest BCUT2D eigenvalue weighted by Gasteiger charge is -2.37. The second-order valence-corrected chi connectivity index (χ2v) is 14.7. The van der Waals surface area contributed by atoms with Gasteiger partial charge in [-0.3, -0.25) is 19.2 Å². The van der Waals surface area contributed by atoms with Crippen LogP contribution in [0.1, 0.15) is 43.8 Å². The maximum absolute atomic E-state index is 14.7. The van der Waals surface area contributed by atoms with Gasteiger partial charge < -0.3 is 34.4 Å². The Labute approximate surface area is 312 Å². The van der Waals surface area contributed by atoms with Gasteiger partial charge in [0.1, 0.15) is 17.7 Å². The number of ether oxygens (including phenoxy) is 3. The number of hydrogen-bond donors (Lipinski definition) is 2. The van der Waals surface area contributed by atoms with Crippen LogP contribution in [0.5, 0.6) is 0 Å². The number of carbonyl (C=O) groups is 4. The van der Waals surface area contributed by atoms with Crippen LogP contribution >= 0.6 is 27.5 Å². The van der Waals surface area contributed by atoms with Crippen molar-refractivity contribution in [2.45, 2.75) is 66.8 Å². The molecule has 2 N–H and O–H groups in total. The Morgan fingerprint density at radius 3 is 2.53 bits per heavy atom. The first kappa shape index (κ1) is 38.7. The molecule has 3 aliphatic rings. The average Bonchev–Trinajstić information content (AvgIpc) is 3.72. The number of nitrogens with one attached hydrogen (secondary N) is 1. The van der Waals surface area contributed by atoms with Crippen molar-refractivity contribution >= 4 is 56.9 Å². The molecule has 8 atom stereocenters. The summed E-state index contributed by atoms with van der Waals surface area (Å²) in [5.41, 5.74) is -0.143. The maximum atomic E-state index is 14.7. The van der Waals surface area contributed by atoms with E-state index in [2.05, 4.69) is 34.4 Å². The van der Waals surface area contributed by atoms with E-state index in [4.69, 9.17) is 25.8 Å². The van der Waals surface area contributed by atoms with Gasteiger partial charge in [-0.15, -0.1) is 13.2 Å². The molecule has 0 aromatic heterocycles. The summed E-state index contributed by atoms with van der Waals surface area (Å²) in [6.45, 7) is 7.84. The minimum atomic E-state index is -1.34. The van der Waals surface area contributed by atoms with Gasteiger partial charge in [-0.25, -0.2) is 0 Å². The van der Waals surface area contributed by atoms with E-state index in [1.165, 1.54) is 12.0 Å². The summed E-state index contributed by atoms with van der Waals surface area (Å²) in [6.07, 6.45) is 3.36. The molecule has 5 rings (SSSR count). The third-order valence-electron chi connectivity index (χ3n) is 9.82. The van der Waals surface area contributed by atoms with E-state index < -0.39 is 47.7 Å². The van der Waals surface area contributed by atoms with Crippen LogP contribution in [0.3, 0.4) is 0 Å². The lowest BCUT2D eigenvalue weighted by atomic mass is 9.70. The van der Waals surface area contributed by atoms with Crippen LogP contribution in [0.2, 0.25) is 5.02 Å². The molecule has 2 aromatic rings. The molecule has 3 saturated heterocycles. The highest BCUT2D eigenvalue weighted by molar-refractivity contribution is 9.09. The molecule has 1 unspecified atom stereocenters. The second-order valence-electron chi connectivity index (χ2n) is 13.1. The highest BCUT2D eigenvalue weighted by Crippen LogP contribution is 2.60. The van der Waals surface area contributed by atoms with Gasteiger partial charge in [0.05, 0.1) is 30.6 Å². The van der Waals surface area contributed by atoms with Gasteiger partial charge in [-0.1, -0.05) is 70.0 Å². The number of amides is 3. The van der Waals surface area contributed by atoms with Crippen molar-refractivity contribution in [3.05, 3.63) is 90.5 Å². The van der Waals surface area contributed by atoms with Gasteiger partial charge in [-0.05, 0) is 55.5 Å².